The molecule has 0 aliphatic carbocycles. The number of carbonyl (C=O) groups excluding carboxylic acids is 3. The van der Waals surface area contributed by atoms with Crippen LogP contribution < -0.4 is 15.2 Å². The number of hydrogen-bond donors (Lipinski definition) is 2. The largest absolute Gasteiger partial charge is 0.514 e. The van der Waals surface area contributed by atoms with Crippen molar-refractivity contribution in [3.8, 4) is 11.5 Å². The minimum atomic E-state index is -1.42. The lowest BCUT2D eigenvalue weighted by Gasteiger charge is -2.28. The third kappa shape index (κ3) is 11.4. The maximum atomic E-state index is 12.2. The molecule has 0 aromatic heterocycles. The lowest BCUT2D eigenvalue weighted by molar-refractivity contribution is -0.139. The van der Waals surface area contributed by atoms with Crippen LogP contribution in [0.5, 0.6) is 11.5 Å². The van der Waals surface area contributed by atoms with Gasteiger partial charge in [-0.15, -0.1) is 0 Å². The molecule has 0 spiro atoms. The maximum Gasteiger partial charge on any atom is 0.514 e. The monoisotopic (exact) mass is 527 g/mol. The van der Waals surface area contributed by atoms with Gasteiger partial charge in [0.1, 0.15) is 6.04 Å². The number of hydrogen-bond acceptors (Lipinski definition) is 11. The summed E-state index contributed by atoms with van der Waals surface area (Å²) in [6, 6.07) is 2.65. The van der Waals surface area contributed by atoms with Crippen LogP contribution in [0, 0.1) is 11.8 Å². The fourth-order valence-corrected chi connectivity index (χ4v) is 3.13. The molecule has 0 saturated carbocycles. The third-order valence-electron chi connectivity index (χ3n) is 4.69. The fraction of sp³-hybridized carbons (Fsp3) is 0.600. The Morgan fingerprint density at radius 3 is 1.78 bits per heavy atom. The highest BCUT2D eigenvalue weighted by atomic mass is 16.8. The second-order valence-corrected chi connectivity index (χ2v) is 9.38. The van der Waals surface area contributed by atoms with Gasteiger partial charge in [-0.2, -0.15) is 0 Å². The van der Waals surface area contributed by atoms with E-state index in [9.17, 15) is 24.3 Å². The molecule has 2 unspecified atom stereocenters. The highest BCUT2D eigenvalue weighted by Crippen LogP contribution is 2.36. The van der Waals surface area contributed by atoms with E-state index in [2.05, 4.69) is 0 Å². The van der Waals surface area contributed by atoms with Crippen molar-refractivity contribution in [3.63, 3.8) is 0 Å². The Hall–Kier alpha value is -3.54. The van der Waals surface area contributed by atoms with Crippen LogP contribution in [-0.4, -0.2) is 61.0 Å². The molecule has 0 bridgehead atoms. The normalized spacial score (nSPS) is 13.5. The molecule has 37 heavy (non-hydrogen) atoms. The first-order valence-electron chi connectivity index (χ1n) is 11.9. The molecule has 0 saturated heterocycles. The van der Waals surface area contributed by atoms with Crippen molar-refractivity contribution in [2.75, 3.05) is 13.2 Å². The molecule has 0 aliphatic heterocycles. The summed E-state index contributed by atoms with van der Waals surface area (Å²) in [7, 11) is 0. The molecule has 3 N–H and O–H groups in total. The Morgan fingerprint density at radius 2 is 1.30 bits per heavy atom. The van der Waals surface area contributed by atoms with E-state index in [1.807, 2.05) is 13.8 Å². The first-order chi connectivity index (χ1) is 17.2. The summed E-state index contributed by atoms with van der Waals surface area (Å²) < 4.78 is 30.5. The predicted molar refractivity (Wildman–Crippen MR) is 131 cm³/mol. The van der Waals surface area contributed by atoms with Gasteiger partial charge < -0.3 is 39.3 Å². The van der Waals surface area contributed by atoms with Crippen molar-refractivity contribution in [3.05, 3.63) is 23.8 Å². The number of carboxylic acids is 1. The summed E-state index contributed by atoms with van der Waals surface area (Å²) in [5, 5.41) is 9.61. The highest BCUT2D eigenvalue weighted by Gasteiger charge is 2.33. The van der Waals surface area contributed by atoms with E-state index in [1.54, 1.807) is 34.6 Å². The second-order valence-electron chi connectivity index (χ2n) is 9.38. The molecule has 3 atom stereocenters. The lowest BCUT2D eigenvalue weighted by atomic mass is 9.82. The average molecular weight is 528 g/mol. The van der Waals surface area contributed by atoms with E-state index in [0.29, 0.717) is 5.56 Å². The Morgan fingerprint density at radius 1 is 0.784 bits per heavy atom. The van der Waals surface area contributed by atoms with Crippen molar-refractivity contribution < 1.29 is 52.7 Å². The zero-order chi connectivity index (χ0) is 28.3. The zero-order valence-corrected chi connectivity index (χ0v) is 22.2. The third-order valence-corrected chi connectivity index (χ3v) is 4.69. The van der Waals surface area contributed by atoms with Gasteiger partial charge in [0, 0.05) is 5.92 Å². The quantitative estimate of drug-likeness (QED) is 0.222. The van der Waals surface area contributed by atoms with E-state index >= 15 is 0 Å². The van der Waals surface area contributed by atoms with E-state index < -0.39 is 54.5 Å². The standard InChI is InChI=1S/C25H37NO11/c1-13(2)11-32-23(29)33-12-16(7)20(21(26)22(27)28)17-8-9-18(36-24(30)34-14(3)4)19(10-17)37-25(31)35-15(5)6/h8-10,13-16,20-21H,11-12,26H2,1-7H3,(H,27,28)/t16?,20?,21-/m0/s1. The zero-order valence-electron chi connectivity index (χ0n) is 22.2. The topological polar surface area (TPSA) is 170 Å². The Balaban J connectivity index is 3.30. The van der Waals surface area contributed by atoms with Gasteiger partial charge in [0.05, 0.1) is 25.4 Å². The summed E-state index contributed by atoms with van der Waals surface area (Å²) in [4.78, 5) is 47.9. The molecular formula is C25H37NO11. The van der Waals surface area contributed by atoms with Gasteiger partial charge in [-0.1, -0.05) is 26.8 Å². The molecule has 0 aliphatic rings. The van der Waals surface area contributed by atoms with Gasteiger partial charge >= 0.3 is 24.4 Å². The molecule has 1 rings (SSSR count). The maximum absolute atomic E-state index is 12.2. The summed E-state index contributed by atoms with van der Waals surface area (Å²) in [5.74, 6) is -3.10. The highest BCUT2D eigenvalue weighted by molar-refractivity contribution is 5.75. The van der Waals surface area contributed by atoms with Crippen LogP contribution >= 0.6 is 0 Å². The van der Waals surface area contributed by atoms with Crippen LogP contribution in [0.15, 0.2) is 18.2 Å². The molecule has 0 heterocycles. The van der Waals surface area contributed by atoms with Crippen molar-refractivity contribution in [1.82, 2.24) is 0 Å². The van der Waals surface area contributed by atoms with Crippen molar-refractivity contribution in [2.24, 2.45) is 17.6 Å². The van der Waals surface area contributed by atoms with Crippen LogP contribution in [0.1, 0.15) is 59.9 Å². The van der Waals surface area contributed by atoms with Gasteiger partial charge in [0.25, 0.3) is 0 Å². The number of carboxylic acid groups (broad SMARTS) is 1. The number of rotatable bonds is 12. The van der Waals surface area contributed by atoms with Crippen LogP contribution in [0.4, 0.5) is 14.4 Å². The Labute approximate surface area is 216 Å². The smallest absolute Gasteiger partial charge is 0.480 e. The van der Waals surface area contributed by atoms with E-state index in [-0.39, 0.29) is 30.6 Å². The molecule has 0 fully saturated rings. The average Bonchev–Trinajstić information content (AvgIpc) is 2.76. The molecule has 12 nitrogen and oxygen atoms in total. The van der Waals surface area contributed by atoms with Crippen LogP contribution in [0.3, 0.4) is 0 Å². The summed E-state index contributed by atoms with van der Waals surface area (Å²) in [6.07, 6.45) is -3.96. The Bertz CT molecular complexity index is 929. The Kier molecular flexibility index (Phi) is 12.7. The molecule has 0 radical (unpaired) electrons. The number of nitrogens with two attached hydrogens (primary N) is 1. The predicted octanol–water partition coefficient (Wildman–Crippen LogP) is 4.48. The number of benzene rings is 1. The minimum Gasteiger partial charge on any atom is -0.480 e. The summed E-state index contributed by atoms with van der Waals surface area (Å²) in [5.41, 5.74) is 6.30. The van der Waals surface area contributed by atoms with E-state index in [4.69, 9.17) is 34.2 Å². The molecule has 0 amide bonds. The number of carbonyl (C=O) groups is 4. The van der Waals surface area contributed by atoms with Gasteiger partial charge in [-0.05, 0) is 57.2 Å². The SMILES string of the molecule is CC(C)COC(=O)OCC(C)C(c1ccc(OC(=O)OC(C)C)c(OC(=O)OC(C)C)c1)[C@H](N)C(=O)O. The molecule has 208 valence electrons. The molecular weight excluding hydrogens is 490 g/mol. The first kappa shape index (κ1) is 31.5. The minimum absolute atomic E-state index is 0.109. The van der Waals surface area contributed by atoms with Crippen LogP contribution in [-0.2, 0) is 23.7 Å². The number of ether oxygens (including phenoxy) is 6. The van der Waals surface area contributed by atoms with Crippen LogP contribution in [0.2, 0.25) is 0 Å². The van der Waals surface area contributed by atoms with Crippen molar-refractivity contribution >= 4 is 24.4 Å². The van der Waals surface area contributed by atoms with Gasteiger partial charge in [-0.25, -0.2) is 14.4 Å². The van der Waals surface area contributed by atoms with Gasteiger partial charge in [-0.3, -0.25) is 4.79 Å². The van der Waals surface area contributed by atoms with E-state index in [0.717, 1.165) is 0 Å². The molecule has 12 heteroatoms. The van der Waals surface area contributed by atoms with Crippen LogP contribution in [0.25, 0.3) is 0 Å². The van der Waals surface area contributed by atoms with Crippen molar-refractivity contribution in [2.45, 2.75) is 72.6 Å². The van der Waals surface area contributed by atoms with E-state index in [1.165, 1.54) is 18.2 Å². The fourth-order valence-electron chi connectivity index (χ4n) is 3.13. The summed E-state index contributed by atoms with van der Waals surface area (Å²) in [6.45, 7) is 11.8. The lowest BCUT2D eigenvalue weighted by Crippen LogP contribution is -2.40. The van der Waals surface area contributed by atoms with Gasteiger partial charge in [0.2, 0.25) is 0 Å². The first-order valence-corrected chi connectivity index (χ1v) is 11.9. The summed E-state index contributed by atoms with van der Waals surface area (Å²) >= 11 is 0. The van der Waals surface area contributed by atoms with Gasteiger partial charge in [0.15, 0.2) is 11.5 Å². The second kappa shape index (κ2) is 14.9. The molecule has 1 aromatic carbocycles. The van der Waals surface area contributed by atoms with Crippen molar-refractivity contribution in [1.29, 1.82) is 0 Å². The molecule has 1 aromatic rings. The number of aliphatic carboxylic acids is 1.